The first-order chi connectivity index (χ1) is 13.5. The van der Waals surface area contributed by atoms with Crippen molar-refractivity contribution in [2.45, 2.75) is 39.7 Å². The van der Waals surface area contributed by atoms with Crippen molar-refractivity contribution in [3.05, 3.63) is 53.7 Å². The summed E-state index contributed by atoms with van der Waals surface area (Å²) in [5.74, 6) is 0.485. The molecule has 1 atom stereocenters. The zero-order valence-electron chi connectivity index (χ0n) is 16.6. The zero-order chi connectivity index (χ0) is 20.1. The number of benzene rings is 1. The molecule has 1 amide bonds. The molecule has 1 aliphatic rings. The number of nitrogens with zero attached hydrogens (tertiary/aromatic N) is 2. The Morgan fingerprint density at radius 3 is 2.68 bits per heavy atom. The second-order valence-corrected chi connectivity index (χ2v) is 7.90. The highest BCUT2D eigenvalue weighted by molar-refractivity contribution is 5.94. The topological polar surface area (TPSA) is 70.5 Å². The van der Waals surface area contributed by atoms with Crippen LogP contribution in [-0.4, -0.2) is 39.8 Å². The largest absolute Gasteiger partial charge is 0.392 e. The summed E-state index contributed by atoms with van der Waals surface area (Å²) in [7, 11) is 0. The summed E-state index contributed by atoms with van der Waals surface area (Å²) < 4.78 is 0. The quantitative estimate of drug-likeness (QED) is 0.829. The summed E-state index contributed by atoms with van der Waals surface area (Å²) in [5.41, 5.74) is 2.92. The van der Waals surface area contributed by atoms with Crippen molar-refractivity contribution in [2.24, 2.45) is 11.8 Å². The average Bonchev–Trinajstić information content (AvgIpc) is 2.73. The first kappa shape index (κ1) is 20.2. The van der Waals surface area contributed by atoms with Gasteiger partial charge in [-0.05, 0) is 36.5 Å². The predicted octanol–water partition coefficient (Wildman–Crippen LogP) is 3.71. The molecule has 0 radical (unpaired) electrons. The minimum atomic E-state index is -0.0726. The number of ketones is 1. The van der Waals surface area contributed by atoms with E-state index in [1.165, 1.54) is 0 Å². The van der Waals surface area contributed by atoms with Gasteiger partial charge in [0.15, 0.2) is 0 Å². The number of carbonyl (C=O) groups excluding carboxylic acids is 2. The van der Waals surface area contributed by atoms with Crippen LogP contribution in [0.4, 0.5) is 0 Å². The summed E-state index contributed by atoms with van der Waals surface area (Å²) in [6, 6.07) is 11.1. The second kappa shape index (κ2) is 9.11. The van der Waals surface area contributed by atoms with Gasteiger partial charge in [-0.1, -0.05) is 38.1 Å². The molecule has 0 bridgehead atoms. The van der Waals surface area contributed by atoms with Gasteiger partial charge in [0.1, 0.15) is 5.78 Å². The van der Waals surface area contributed by atoms with Crippen molar-refractivity contribution in [2.75, 3.05) is 13.1 Å². The van der Waals surface area contributed by atoms with Crippen molar-refractivity contribution in [1.82, 2.24) is 9.88 Å². The van der Waals surface area contributed by atoms with Gasteiger partial charge in [0.05, 0.1) is 17.9 Å². The number of Topliss-reactive ketones (excluding diaryl/α,β-unsaturated/α-hetero) is 1. The highest BCUT2D eigenvalue weighted by Gasteiger charge is 2.29. The molecule has 28 heavy (non-hydrogen) atoms. The summed E-state index contributed by atoms with van der Waals surface area (Å²) in [5, 5.41) is 9.50. The number of aromatic nitrogens is 1. The van der Waals surface area contributed by atoms with E-state index in [2.05, 4.69) is 4.98 Å². The molecule has 0 spiro atoms. The van der Waals surface area contributed by atoms with Crippen molar-refractivity contribution in [3.8, 4) is 11.3 Å². The van der Waals surface area contributed by atoms with Crippen LogP contribution in [0.5, 0.6) is 0 Å². The number of hydrogen-bond donors (Lipinski definition) is 1. The van der Waals surface area contributed by atoms with Crippen LogP contribution >= 0.6 is 0 Å². The fourth-order valence-electron chi connectivity index (χ4n) is 3.76. The van der Waals surface area contributed by atoms with Crippen LogP contribution in [-0.2, 0) is 11.4 Å². The molecule has 1 aromatic carbocycles. The van der Waals surface area contributed by atoms with Gasteiger partial charge in [-0.15, -0.1) is 0 Å². The van der Waals surface area contributed by atoms with Gasteiger partial charge < -0.3 is 10.0 Å². The Balaban J connectivity index is 1.71. The van der Waals surface area contributed by atoms with Crippen LogP contribution in [0.15, 0.2) is 42.6 Å². The van der Waals surface area contributed by atoms with Crippen molar-refractivity contribution in [3.63, 3.8) is 0 Å². The van der Waals surface area contributed by atoms with E-state index in [1.54, 1.807) is 17.2 Å². The lowest BCUT2D eigenvalue weighted by atomic mass is 9.89. The molecule has 0 aliphatic carbocycles. The van der Waals surface area contributed by atoms with Crippen LogP contribution in [0.3, 0.4) is 0 Å². The molecule has 5 heteroatoms. The van der Waals surface area contributed by atoms with E-state index in [-0.39, 0.29) is 24.2 Å². The molecule has 148 valence electrons. The van der Waals surface area contributed by atoms with Gasteiger partial charge in [-0.25, -0.2) is 0 Å². The van der Waals surface area contributed by atoms with Gasteiger partial charge in [0.25, 0.3) is 5.91 Å². The summed E-state index contributed by atoms with van der Waals surface area (Å²) >= 11 is 0. The second-order valence-electron chi connectivity index (χ2n) is 7.90. The van der Waals surface area contributed by atoms with Gasteiger partial charge in [-0.2, -0.15) is 0 Å². The Kier molecular flexibility index (Phi) is 6.57. The first-order valence-corrected chi connectivity index (χ1v) is 9.96. The van der Waals surface area contributed by atoms with Crippen molar-refractivity contribution < 1.29 is 14.7 Å². The Labute approximate surface area is 166 Å². The Morgan fingerprint density at radius 1 is 1.21 bits per heavy atom. The molecule has 1 saturated heterocycles. The normalized spacial score (nSPS) is 17.0. The van der Waals surface area contributed by atoms with E-state index in [1.807, 2.05) is 44.2 Å². The Morgan fingerprint density at radius 2 is 2.00 bits per heavy atom. The van der Waals surface area contributed by atoms with E-state index in [0.29, 0.717) is 31.0 Å². The lowest BCUT2D eigenvalue weighted by molar-refractivity contribution is -0.124. The van der Waals surface area contributed by atoms with Gasteiger partial charge in [0, 0.05) is 37.2 Å². The Bertz CT molecular complexity index is 830. The maximum atomic E-state index is 12.9. The van der Waals surface area contributed by atoms with Crippen molar-refractivity contribution in [1.29, 1.82) is 0 Å². The number of amides is 1. The molecule has 1 aromatic heterocycles. The molecule has 2 heterocycles. The lowest BCUT2D eigenvalue weighted by Gasteiger charge is -2.32. The predicted molar refractivity (Wildman–Crippen MR) is 109 cm³/mol. The maximum Gasteiger partial charge on any atom is 0.255 e. The standard InChI is InChI=1S/C23H28N2O3/c1-16(2)12-22(27)18-7-5-11-25(14-18)23(28)17-9-10-21(24-13-17)20-8-4-3-6-19(20)15-26/h3-4,6,8-10,13,16,18,26H,5,7,11-12,14-15H2,1-2H3/t18-/m0/s1. The van der Waals surface area contributed by atoms with Crippen LogP contribution < -0.4 is 0 Å². The smallest absolute Gasteiger partial charge is 0.255 e. The minimum Gasteiger partial charge on any atom is -0.392 e. The Hall–Kier alpha value is -2.53. The lowest BCUT2D eigenvalue weighted by Crippen LogP contribution is -2.42. The molecule has 1 aliphatic heterocycles. The summed E-state index contributed by atoms with van der Waals surface area (Å²) in [6.07, 6.45) is 3.89. The van der Waals surface area contributed by atoms with Gasteiger partial charge in [0.2, 0.25) is 0 Å². The van der Waals surface area contributed by atoms with E-state index < -0.39 is 0 Å². The summed E-state index contributed by atoms with van der Waals surface area (Å²) in [4.78, 5) is 31.5. The first-order valence-electron chi connectivity index (χ1n) is 9.96. The molecular formula is C23H28N2O3. The fraction of sp³-hybridized carbons (Fsp3) is 0.435. The van der Waals surface area contributed by atoms with Crippen molar-refractivity contribution >= 4 is 11.7 Å². The number of hydrogen-bond acceptors (Lipinski definition) is 4. The average molecular weight is 380 g/mol. The maximum absolute atomic E-state index is 12.9. The van der Waals surface area contributed by atoms with Gasteiger partial charge in [-0.3, -0.25) is 14.6 Å². The number of rotatable bonds is 6. The number of pyridine rings is 1. The van der Waals surface area contributed by atoms with E-state index in [0.717, 1.165) is 29.7 Å². The van der Waals surface area contributed by atoms with Crippen LogP contribution in [0.25, 0.3) is 11.3 Å². The zero-order valence-corrected chi connectivity index (χ0v) is 16.6. The SMILES string of the molecule is CC(C)CC(=O)[C@H]1CCCN(C(=O)c2ccc(-c3ccccc3CO)nc2)C1. The van der Waals surface area contributed by atoms with Crippen LogP contribution in [0.2, 0.25) is 0 Å². The number of aliphatic hydroxyl groups is 1. The van der Waals surface area contributed by atoms with E-state index >= 15 is 0 Å². The minimum absolute atomic E-state index is 0.0521. The number of aliphatic hydroxyl groups excluding tert-OH is 1. The number of likely N-dealkylation sites (tertiary alicyclic amines) is 1. The monoisotopic (exact) mass is 380 g/mol. The summed E-state index contributed by atoms with van der Waals surface area (Å²) in [6.45, 7) is 5.22. The third kappa shape index (κ3) is 4.65. The molecular weight excluding hydrogens is 352 g/mol. The molecule has 0 saturated carbocycles. The molecule has 5 nitrogen and oxygen atoms in total. The molecule has 0 unspecified atom stereocenters. The molecule has 1 fully saturated rings. The molecule has 2 aromatic rings. The molecule has 1 N–H and O–H groups in total. The van der Waals surface area contributed by atoms with Gasteiger partial charge >= 0.3 is 0 Å². The number of piperidine rings is 1. The van der Waals surface area contributed by atoms with Crippen LogP contribution in [0, 0.1) is 11.8 Å². The fourth-order valence-corrected chi connectivity index (χ4v) is 3.76. The highest BCUT2D eigenvalue weighted by Crippen LogP contribution is 2.24. The third-order valence-electron chi connectivity index (χ3n) is 5.25. The van der Waals surface area contributed by atoms with E-state index in [4.69, 9.17) is 0 Å². The van der Waals surface area contributed by atoms with E-state index in [9.17, 15) is 14.7 Å². The third-order valence-corrected chi connectivity index (χ3v) is 5.25. The van der Waals surface area contributed by atoms with Crippen LogP contribution in [0.1, 0.15) is 49.0 Å². The number of carbonyl (C=O) groups is 2. The molecule has 3 rings (SSSR count). The highest BCUT2D eigenvalue weighted by atomic mass is 16.3.